The van der Waals surface area contributed by atoms with Crippen molar-refractivity contribution in [3.63, 3.8) is 0 Å². The molecule has 1 aliphatic rings. The first-order valence-electron chi connectivity index (χ1n) is 5.82. The number of rotatable bonds is 2. The molecule has 1 saturated heterocycles. The van der Waals surface area contributed by atoms with Crippen molar-refractivity contribution in [3.8, 4) is 0 Å². The molecule has 1 fully saturated rings. The van der Waals surface area contributed by atoms with E-state index in [0.29, 0.717) is 4.47 Å². The molecule has 0 radical (unpaired) electrons. The fraction of sp³-hybridized carbons (Fsp3) is 0.333. The van der Waals surface area contributed by atoms with Crippen molar-refractivity contribution in [2.24, 2.45) is 0 Å². The number of urea groups is 1. The van der Waals surface area contributed by atoms with E-state index in [4.69, 9.17) is 5.11 Å². The summed E-state index contributed by atoms with van der Waals surface area (Å²) < 4.78 is 14.1. The van der Waals surface area contributed by atoms with Gasteiger partial charge in [-0.15, -0.1) is 0 Å². The highest BCUT2D eigenvalue weighted by Gasteiger charge is 2.39. The van der Waals surface area contributed by atoms with Crippen molar-refractivity contribution in [2.75, 3.05) is 11.9 Å². The van der Waals surface area contributed by atoms with Crippen LogP contribution in [0.25, 0.3) is 0 Å². The Labute approximate surface area is 122 Å². The van der Waals surface area contributed by atoms with Crippen LogP contribution >= 0.6 is 15.9 Å². The van der Waals surface area contributed by atoms with E-state index in [1.165, 1.54) is 18.2 Å². The van der Waals surface area contributed by atoms with Crippen LogP contribution in [-0.4, -0.2) is 45.8 Å². The van der Waals surface area contributed by atoms with Crippen LogP contribution in [0.15, 0.2) is 22.7 Å². The molecule has 20 heavy (non-hydrogen) atoms. The van der Waals surface area contributed by atoms with Gasteiger partial charge in [-0.25, -0.2) is 14.0 Å². The number of amides is 2. The predicted octanol–water partition coefficient (Wildman–Crippen LogP) is 1.64. The van der Waals surface area contributed by atoms with Crippen LogP contribution in [0.5, 0.6) is 0 Å². The summed E-state index contributed by atoms with van der Waals surface area (Å²) in [6.07, 6.45) is -0.932. The molecular weight excluding hydrogens is 335 g/mol. The van der Waals surface area contributed by atoms with Crippen molar-refractivity contribution in [2.45, 2.75) is 18.6 Å². The predicted molar refractivity (Wildman–Crippen MR) is 71.9 cm³/mol. The number of likely N-dealkylation sites (tertiary alicyclic amines) is 1. The lowest BCUT2D eigenvalue weighted by molar-refractivity contribution is -0.141. The average Bonchev–Trinajstić information content (AvgIpc) is 2.76. The summed E-state index contributed by atoms with van der Waals surface area (Å²) in [5, 5.41) is 20.8. The molecule has 0 aliphatic carbocycles. The number of carboxylic acids is 1. The van der Waals surface area contributed by atoms with E-state index >= 15 is 0 Å². The zero-order valence-corrected chi connectivity index (χ0v) is 11.8. The first kappa shape index (κ1) is 14.7. The van der Waals surface area contributed by atoms with E-state index in [0.717, 1.165) is 4.90 Å². The number of nitrogens with one attached hydrogen (secondary N) is 1. The lowest BCUT2D eigenvalue weighted by Crippen LogP contribution is -2.43. The number of anilines is 1. The number of hydrogen-bond acceptors (Lipinski definition) is 3. The second kappa shape index (κ2) is 5.76. The van der Waals surface area contributed by atoms with Gasteiger partial charge in [-0.2, -0.15) is 0 Å². The van der Waals surface area contributed by atoms with Crippen LogP contribution in [0.3, 0.4) is 0 Å². The molecule has 8 heteroatoms. The molecule has 6 nitrogen and oxygen atoms in total. The van der Waals surface area contributed by atoms with Gasteiger partial charge in [-0.3, -0.25) is 0 Å². The summed E-state index contributed by atoms with van der Waals surface area (Å²) in [6, 6.07) is 2.15. The van der Waals surface area contributed by atoms with Crippen molar-refractivity contribution in [1.82, 2.24) is 4.90 Å². The Morgan fingerprint density at radius 2 is 2.15 bits per heavy atom. The maximum Gasteiger partial charge on any atom is 0.326 e. The Kier molecular flexibility index (Phi) is 4.24. The first-order valence-corrected chi connectivity index (χ1v) is 6.61. The van der Waals surface area contributed by atoms with Crippen molar-refractivity contribution in [3.05, 3.63) is 28.5 Å². The topological polar surface area (TPSA) is 89.9 Å². The summed E-state index contributed by atoms with van der Waals surface area (Å²) in [5.74, 6) is -1.83. The normalized spacial score (nSPS) is 21.9. The number of aliphatic hydroxyl groups excluding tert-OH is 1. The van der Waals surface area contributed by atoms with E-state index in [-0.39, 0.29) is 18.7 Å². The molecule has 1 aromatic carbocycles. The second-order valence-electron chi connectivity index (χ2n) is 4.45. The van der Waals surface area contributed by atoms with Crippen LogP contribution in [0, 0.1) is 5.82 Å². The van der Waals surface area contributed by atoms with Gasteiger partial charge in [-0.1, -0.05) is 15.9 Å². The number of nitrogens with zero attached hydrogens (tertiary/aromatic N) is 1. The number of carbonyl (C=O) groups excluding carboxylic acids is 1. The number of β-amino-alcohol motifs (C(OH)–C–C–N with tert-alkyl or cyclic N) is 1. The lowest BCUT2D eigenvalue weighted by Gasteiger charge is -2.21. The van der Waals surface area contributed by atoms with E-state index in [1.807, 2.05) is 0 Å². The van der Waals surface area contributed by atoms with Gasteiger partial charge >= 0.3 is 12.0 Å². The van der Waals surface area contributed by atoms with Gasteiger partial charge in [-0.05, 0) is 18.2 Å². The maximum atomic E-state index is 13.5. The zero-order chi connectivity index (χ0) is 14.9. The first-order chi connectivity index (χ1) is 9.38. The van der Waals surface area contributed by atoms with Gasteiger partial charge in [0.15, 0.2) is 0 Å². The largest absolute Gasteiger partial charge is 0.480 e. The molecule has 2 unspecified atom stereocenters. The molecule has 108 valence electrons. The highest BCUT2D eigenvalue weighted by molar-refractivity contribution is 9.10. The SMILES string of the molecule is O=C(O)C1CC(O)CN1C(=O)Nc1cc(Br)ccc1F. The number of benzene rings is 1. The second-order valence-corrected chi connectivity index (χ2v) is 5.37. The maximum absolute atomic E-state index is 13.5. The number of carboxylic acid groups (broad SMARTS) is 1. The van der Waals surface area contributed by atoms with Crippen LogP contribution < -0.4 is 5.32 Å². The summed E-state index contributed by atoms with van der Waals surface area (Å²) in [6.45, 7) is -0.0988. The van der Waals surface area contributed by atoms with Gasteiger partial charge in [0, 0.05) is 17.4 Å². The Morgan fingerprint density at radius 1 is 1.45 bits per heavy atom. The number of aliphatic hydroxyl groups is 1. The van der Waals surface area contributed by atoms with Gasteiger partial charge < -0.3 is 20.4 Å². The van der Waals surface area contributed by atoms with Crippen LogP contribution in [0.2, 0.25) is 0 Å². The van der Waals surface area contributed by atoms with Crippen molar-refractivity contribution in [1.29, 1.82) is 0 Å². The van der Waals surface area contributed by atoms with E-state index in [1.54, 1.807) is 0 Å². The van der Waals surface area contributed by atoms with Crippen LogP contribution in [0.1, 0.15) is 6.42 Å². The van der Waals surface area contributed by atoms with Crippen LogP contribution in [0.4, 0.5) is 14.9 Å². The molecule has 0 spiro atoms. The number of aliphatic carboxylic acids is 1. The van der Waals surface area contributed by atoms with Gasteiger partial charge in [0.05, 0.1) is 11.8 Å². The van der Waals surface area contributed by atoms with Crippen molar-refractivity contribution >= 4 is 33.6 Å². The summed E-state index contributed by atoms with van der Waals surface area (Å²) >= 11 is 3.15. The highest BCUT2D eigenvalue weighted by Crippen LogP contribution is 2.23. The summed E-state index contributed by atoms with van der Waals surface area (Å²) in [5.41, 5.74) is -0.0603. The number of halogens is 2. The standard InChI is InChI=1S/C12H12BrFN2O4/c13-6-1-2-8(14)9(3-6)15-12(20)16-5-7(17)4-10(16)11(18)19/h1-3,7,10,17H,4-5H2,(H,15,20)(H,18,19). The minimum absolute atomic E-state index is 0.0380. The molecule has 2 amide bonds. The van der Waals surface area contributed by atoms with Gasteiger partial charge in [0.25, 0.3) is 0 Å². The summed E-state index contributed by atoms with van der Waals surface area (Å²) in [4.78, 5) is 24.0. The highest BCUT2D eigenvalue weighted by atomic mass is 79.9. The van der Waals surface area contributed by atoms with E-state index in [2.05, 4.69) is 21.2 Å². The Balaban J connectivity index is 2.15. The summed E-state index contributed by atoms with van der Waals surface area (Å²) in [7, 11) is 0. The molecule has 1 aromatic rings. The van der Waals surface area contributed by atoms with Gasteiger partial charge in [0.2, 0.25) is 0 Å². The Hall–Kier alpha value is -1.67. The Morgan fingerprint density at radius 3 is 2.80 bits per heavy atom. The lowest BCUT2D eigenvalue weighted by atomic mass is 10.2. The molecule has 0 aromatic heterocycles. The monoisotopic (exact) mass is 346 g/mol. The fourth-order valence-corrected chi connectivity index (χ4v) is 2.41. The van der Waals surface area contributed by atoms with Crippen LogP contribution in [-0.2, 0) is 4.79 Å². The van der Waals surface area contributed by atoms with E-state index in [9.17, 15) is 19.1 Å². The quantitative estimate of drug-likeness (QED) is 0.759. The minimum Gasteiger partial charge on any atom is -0.480 e. The molecule has 0 bridgehead atoms. The third kappa shape index (κ3) is 3.07. The number of hydrogen-bond donors (Lipinski definition) is 3. The van der Waals surface area contributed by atoms with E-state index < -0.39 is 30.0 Å². The number of carbonyl (C=O) groups is 2. The smallest absolute Gasteiger partial charge is 0.326 e. The molecular formula is C12H12BrFN2O4. The third-order valence-electron chi connectivity index (χ3n) is 2.99. The fourth-order valence-electron chi connectivity index (χ4n) is 2.05. The molecule has 0 saturated carbocycles. The molecule has 2 atom stereocenters. The average molecular weight is 347 g/mol. The third-order valence-corrected chi connectivity index (χ3v) is 3.49. The molecule has 2 rings (SSSR count). The van der Waals surface area contributed by atoms with Crippen molar-refractivity contribution < 1.29 is 24.2 Å². The minimum atomic E-state index is -1.20. The zero-order valence-electron chi connectivity index (χ0n) is 10.2. The molecule has 3 N–H and O–H groups in total. The Bertz CT molecular complexity index is 554. The molecule has 1 heterocycles. The molecule has 1 aliphatic heterocycles. The van der Waals surface area contributed by atoms with Gasteiger partial charge in [0.1, 0.15) is 11.9 Å².